The van der Waals surface area contributed by atoms with Crippen molar-refractivity contribution in [2.45, 2.75) is 19.2 Å². The van der Waals surface area contributed by atoms with Gasteiger partial charge >= 0.3 is 0 Å². The van der Waals surface area contributed by atoms with Gasteiger partial charge in [0.1, 0.15) is 0 Å². The van der Waals surface area contributed by atoms with E-state index in [-0.39, 0.29) is 0 Å². The van der Waals surface area contributed by atoms with Crippen molar-refractivity contribution in [3.05, 3.63) is 32.8 Å². The summed E-state index contributed by atoms with van der Waals surface area (Å²) in [5, 5.41) is 0.755. The summed E-state index contributed by atoms with van der Waals surface area (Å²) >= 11 is 15.1. The van der Waals surface area contributed by atoms with Gasteiger partial charge in [-0.2, -0.15) is 0 Å². The van der Waals surface area contributed by atoms with Crippen molar-refractivity contribution in [1.82, 2.24) is 0 Å². The lowest BCUT2D eigenvalue weighted by molar-refractivity contribution is 1.12. The minimum Gasteiger partial charge on any atom is -0.121 e. The molecule has 0 N–H and O–H groups in total. The summed E-state index contributed by atoms with van der Waals surface area (Å²) in [6, 6.07) is 3.94. The van der Waals surface area contributed by atoms with Crippen LogP contribution in [0.1, 0.15) is 18.1 Å². The fourth-order valence-electron chi connectivity index (χ4n) is 1.00. The van der Waals surface area contributed by atoms with Gasteiger partial charge in [-0.15, -0.1) is 11.6 Å². The maximum Gasteiger partial charge on any atom is 0.0489 e. The highest BCUT2D eigenvalue weighted by Gasteiger charge is 2.04. The number of benzene rings is 1. The fraction of sp³-hybridized carbons (Fsp3) is 0.333. The Morgan fingerprint density at radius 3 is 2.50 bits per heavy atom. The summed E-state index contributed by atoms with van der Waals surface area (Å²) in [5.74, 6) is 0.460. The molecule has 1 aromatic rings. The smallest absolute Gasteiger partial charge is 0.0489 e. The van der Waals surface area contributed by atoms with E-state index in [2.05, 4.69) is 22.9 Å². The van der Waals surface area contributed by atoms with E-state index < -0.39 is 0 Å². The molecule has 0 unspecified atom stereocenters. The molecule has 0 amide bonds. The van der Waals surface area contributed by atoms with E-state index in [0.29, 0.717) is 5.88 Å². The monoisotopic (exact) mass is 266 g/mol. The van der Waals surface area contributed by atoms with Crippen molar-refractivity contribution in [2.75, 3.05) is 0 Å². The Morgan fingerprint density at radius 2 is 2.00 bits per heavy atom. The summed E-state index contributed by atoms with van der Waals surface area (Å²) in [7, 11) is 0. The zero-order valence-corrected chi connectivity index (χ0v) is 9.80. The highest BCUT2D eigenvalue weighted by atomic mass is 79.9. The molecule has 0 nitrogen and oxygen atoms in total. The molecule has 0 atom stereocenters. The van der Waals surface area contributed by atoms with E-state index in [1.165, 1.54) is 5.56 Å². The second-order valence-corrected chi connectivity index (χ2v) is 4.05. The van der Waals surface area contributed by atoms with E-state index in [1.807, 2.05) is 12.1 Å². The van der Waals surface area contributed by atoms with Gasteiger partial charge in [0.2, 0.25) is 0 Å². The van der Waals surface area contributed by atoms with Gasteiger partial charge in [-0.25, -0.2) is 0 Å². The van der Waals surface area contributed by atoms with Crippen LogP contribution >= 0.6 is 39.1 Å². The summed E-state index contributed by atoms with van der Waals surface area (Å²) in [4.78, 5) is 0. The highest BCUT2D eigenvalue weighted by molar-refractivity contribution is 9.10. The third-order valence-corrected chi connectivity index (χ3v) is 3.12. The number of hydrogen-bond donors (Lipinski definition) is 0. The van der Waals surface area contributed by atoms with Gasteiger partial charge in [0, 0.05) is 15.4 Å². The van der Waals surface area contributed by atoms with Crippen LogP contribution < -0.4 is 0 Å². The molecule has 12 heavy (non-hydrogen) atoms. The molecule has 0 saturated carbocycles. The summed E-state index contributed by atoms with van der Waals surface area (Å²) < 4.78 is 1.09. The van der Waals surface area contributed by atoms with Crippen molar-refractivity contribution in [3.63, 3.8) is 0 Å². The van der Waals surface area contributed by atoms with Crippen LogP contribution in [0, 0.1) is 0 Å². The molecule has 0 aromatic heterocycles. The minimum absolute atomic E-state index is 0.460. The molecule has 0 aliphatic rings. The second-order valence-electron chi connectivity index (χ2n) is 2.52. The largest absolute Gasteiger partial charge is 0.121 e. The molecular formula is C9H9BrCl2. The van der Waals surface area contributed by atoms with Crippen LogP contribution in [0.4, 0.5) is 0 Å². The number of hydrogen-bond acceptors (Lipinski definition) is 0. The highest BCUT2D eigenvalue weighted by Crippen LogP contribution is 2.26. The third kappa shape index (κ3) is 2.15. The topological polar surface area (TPSA) is 0 Å². The fourth-order valence-corrected chi connectivity index (χ4v) is 2.22. The Kier molecular flexibility index (Phi) is 3.88. The molecule has 66 valence electrons. The summed E-state index contributed by atoms with van der Waals surface area (Å²) in [6.45, 7) is 2.09. The van der Waals surface area contributed by atoms with Gasteiger partial charge in [0.25, 0.3) is 0 Å². The van der Waals surface area contributed by atoms with Crippen LogP contribution in [0.5, 0.6) is 0 Å². The van der Waals surface area contributed by atoms with Crippen molar-refractivity contribution in [2.24, 2.45) is 0 Å². The standard InChI is InChI=1S/C9H9BrCl2/c1-2-6-4-9(12)7(5-11)3-8(6)10/h3-4H,2,5H2,1H3. The van der Waals surface area contributed by atoms with Crippen LogP contribution in [0.3, 0.4) is 0 Å². The molecule has 1 rings (SSSR count). The first-order chi connectivity index (χ1) is 5.69. The Balaban J connectivity index is 3.16. The van der Waals surface area contributed by atoms with E-state index in [4.69, 9.17) is 23.2 Å². The first kappa shape index (κ1) is 10.4. The molecule has 0 fully saturated rings. The average molecular weight is 268 g/mol. The predicted molar refractivity (Wildman–Crippen MR) is 58.1 cm³/mol. The lowest BCUT2D eigenvalue weighted by atomic mass is 10.1. The van der Waals surface area contributed by atoms with Crippen LogP contribution in [-0.2, 0) is 12.3 Å². The van der Waals surface area contributed by atoms with Gasteiger partial charge in [0.15, 0.2) is 0 Å². The molecule has 0 heterocycles. The maximum absolute atomic E-state index is 5.97. The number of halogens is 3. The number of aryl methyl sites for hydroxylation is 1. The van der Waals surface area contributed by atoms with Crippen molar-refractivity contribution < 1.29 is 0 Å². The quantitative estimate of drug-likeness (QED) is 0.697. The van der Waals surface area contributed by atoms with E-state index in [0.717, 1.165) is 21.5 Å². The molecule has 0 aliphatic carbocycles. The molecule has 0 saturated heterocycles. The normalized spacial score (nSPS) is 10.3. The zero-order chi connectivity index (χ0) is 9.14. The Morgan fingerprint density at radius 1 is 1.33 bits per heavy atom. The van der Waals surface area contributed by atoms with Gasteiger partial charge < -0.3 is 0 Å². The van der Waals surface area contributed by atoms with Crippen molar-refractivity contribution in [3.8, 4) is 0 Å². The van der Waals surface area contributed by atoms with Crippen LogP contribution in [-0.4, -0.2) is 0 Å². The number of alkyl halides is 1. The number of rotatable bonds is 2. The molecule has 3 heteroatoms. The summed E-state index contributed by atoms with van der Waals surface area (Å²) in [6.07, 6.45) is 0.975. The minimum atomic E-state index is 0.460. The lowest BCUT2D eigenvalue weighted by Crippen LogP contribution is -1.87. The molecule has 1 aromatic carbocycles. The van der Waals surface area contributed by atoms with E-state index in [9.17, 15) is 0 Å². The van der Waals surface area contributed by atoms with Crippen LogP contribution in [0.25, 0.3) is 0 Å². The first-order valence-corrected chi connectivity index (χ1v) is 5.42. The van der Waals surface area contributed by atoms with Crippen molar-refractivity contribution in [1.29, 1.82) is 0 Å². The Hall–Kier alpha value is 0.280. The zero-order valence-electron chi connectivity index (χ0n) is 6.70. The van der Waals surface area contributed by atoms with Crippen molar-refractivity contribution >= 4 is 39.1 Å². The first-order valence-electron chi connectivity index (χ1n) is 3.71. The van der Waals surface area contributed by atoms with Gasteiger partial charge in [-0.1, -0.05) is 34.5 Å². The molecular weight excluding hydrogens is 259 g/mol. The Bertz CT molecular complexity index is 254. The van der Waals surface area contributed by atoms with Gasteiger partial charge in [-0.3, -0.25) is 0 Å². The van der Waals surface area contributed by atoms with Gasteiger partial charge in [0.05, 0.1) is 0 Å². The molecule has 0 spiro atoms. The third-order valence-electron chi connectivity index (χ3n) is 1.74. The van der Waals surface area contributed by atoms with Crippen LogP contribution in [0.2, 0.25) is 5.02 Å². The summed E-state index contributed by atoms with van der Waals surface area (Å²) in [5.41, 5.74) is 2.19. The Labute approximate surface area is 91.0 Å². The predicted octanol–water partition coefficient (Wildman–Crippen LogP) is 4.40. The molecule has 0 aliphatic heterocycles. The van der Waals surface area contributed by atoms with E-state index in [1.54, 1.807) is 0 Å². The molecule has 0 bridgehead atoms. The van der Waals surface area contributed by atoms with Gasteiger partial charge in [-0.05, 0) is 29.7 Å². The SMILES string of the molecule is CCc1cc(Cl)c(CCl)cc1Br. The molecule has 0 radical (unpaired) electrons. The lowest BCUT2D eigenvalue weighted by Gasteiger charge is -2.05. The average Bonchev–Trinajstić information content (AvgIpc) is 2.08. The second kappa shape index (κ2) is 4.50. The maximum atomic E-state index is 5.97. The van der Waals surface area contributed by atoms with Crippen LogP contribution in [0.15, 0.2) is 16.6 Å². The van der Waals surface area contributed by atoms with E-state index >= 15 is 0 Å².